The Hall–Kier alpha value is -1.63. The van der Waals surface area contributed by atoms with E-state index in [1.165, 1.54) is 0 Å². The molecular weight excluding hydrogens is 299 g/mol. The molecule has 0 fully saturated rings. The summed E-state index contributed by atoms with van der Waals surface area (Å²) in [5.41, 5.74) is -0.561. The van der Waals surface area contributed by atoms with E-state index in [0.717, 1.165) is 6.07 Å². The first kappa shape index (κ1) is 11.8. The molecule has 0 atom stereocenters. The highest BCUT2D eigenvalue weighted by molar-refractivity contribution is 9.10. The highest BCUT2D eigenvalue weighted by Gasteiger charge is 2.27. The van der Waals surface area contributed by atoms with Gasteiger partial charge in [-0.25, -0.2) is 9.18 Å². The number of benzene rings is 1. The number of fused-ring (bicyclic) bond motifs is 1. The second kappa shape index (κ2) is 4.33. The van der Waals surface area contributed by atoms with Crippen molar-refractivity contribution in [1.82, 2.24) is 0 Å². The van der Waals surface area contributed by atoms with Crippen LogP contribution in [0.5, 0.6) is 11.5 Å². The van der Waals surface area contributed by atoms with Gasteiger partial charge in [-0.1, -0.05) is 0 Å². The second-order valence-electron chi connectivity index (χ2n) is 3.21. The molecule has 0 spiro atoms. The lowest BCUT2D eigenvalue weighted by Crippen LogP contribution is -2.19. The van der Waals surface area contributed by atoms with Gasteiger partial charge in [-0.2, -0.15) is 0 Å². The van der Waals surface area contributed by atoms with Crippen LogP contribution in [0.2, 0.25) is 0 Å². The fraction of sp³-hybridized carbons (Fsp3) is 0.200. The van der Waals surface area contributed by atoms with Crippen molar-refractivity contribution in [3.63, 3.8) is 0 Å². The molecule has 2 rings (SSSR count). The van der Waals surface area contributed by atoms with Crippen LogP contribution < -0.4 is 9.47 Å². The molecule has 17 heavy (non-hydrogen) atoms. The molecule has 0 radical (unpaired) electrons. The Balaban J connectivity index is 2.59. The molecule has 1 N–H and O–H groups in total. The minimum atomic E-state index is -1.73. The van der Waals surface area contributed by atoms with E-state index in [2.05, 4.69) is 15.9 Å². The van der Waals surface area contributed by atoms with Crippen molar-refractivity contribution in [3.8, 4) is 11.5 Å². The summed E-state index contributed by atoms with van der Waals surface area (Å²) in [4.78, 5) is 21.8. The molecule has 0 saturated carbocycles. The van der Waals surface area contributed by atoms with Gasteiger partial charge in [0.1, 0.15) is 13.2 Å². The van der Waals surface area contributed by atoms with Gasteiger partial charge in [0.25, 0.3) is 5.78 Å². The van der Waals surface area contributed by atoms with Crippen LogP contribution in [0.4, 0.5) is 4.39 Å². The topological polar surface area (TPSA) is 72.8 Å². The Labute approximate surface area is 103 Å². The quantitative estimate of drug-likeness (QED) is 0.664. The fourth-order valence-corrected chi connectivity index (χ4v) is 1.93. The van der Waals surface area contributed by atoms with Gasteiger partial charge in [0.15, 0.2) is 17.3 Å². The summed E-state index contributed by atoms with van der Waals surface area (Å²) in [7, 11) is 0. The molecule has 1 aliphatic rings. The van der Waals surface area contributed by atoms with E-state index in [1.54, 1.807) is 0 Å². The first-order valence-electron chi connectivity index (χ1n) is 4.57. The highest BCUT2D eigenvalue weighted by atomic mass is 79.9. The van der Waals surface area contributed by atoms with Gasteiger partial charge in [-0.15, -0.1) is 0 Å². The molecule has 1 aromatic carbocycles. The van der Waals surface area contributed by atoms with Crippen molar-refractivity contribution in [2.24, 2.45) is 0 Å². The molecule has 1 aliphatic heterocycles. The van der Waals surface area contributed by atoms with E-state index in [0.29, 0.717) is 0 Å². The molecule has 0 bridgehead atoms. The predicted octanol–water partition coefficient (Wildman–Crippen LogP) is 1.63. The smallest absolute Gasteiger partial charge is 0.377 e. The third-order valence-electron chi connectivity index (χ3n) is 2.15. The molecule has 0 aromatic heterocycles. The van der Waals surface area contributed by atoms with Crippen molar-refractivity contribution in [3.05, 3.63) is 21.9 Å². The molecule has 0 saturated heterocycles. The van der Waals surface area contributed by atoms with Crippen molar-refractivity contribution in [1.29, 1.82) is 0 Å². The van der Waals surface area contributed by atoms with Crippen LogP contribution >= 0.6 is 15.9 Å². The zero-order valence-electron chi connectivity index (χ0n) is 8.33. The lowest BCUT2D eigenvalue weighted by molar-refractivity contribution is -0.131. The molecule has 90 valence electrons. The van der Waals surface area contributed by atoms with Crippen molar-refractivity contribution in [2.45, 2.75) is 0 Å². The van der Waals surface area contributed by atoms with Gasteiger partial charge in [0, 0.05) is 0 Å². The van der Waals surface area contributed by atoms with Crippen LogP contribution in [-0.2, 0) is 4.79 Å². The maximum Gasteiger partial charge on any atom is 0.377 e. The molecule has 1 heterocycles. The summed E-state index contributed by atoms with van der Waals surface area (Å²) in [6.07, 6.45) is 0. The van der Waals surface area contributed by atoms with Crippen molar-refractivity contribution >= 4 is 27.7 Å². The van der Waals surface area contributed by atoms with E-state index >= 15 is 0 Å². The third-order valence-corrected chi connectivity index (χ3v) is 2.86. The molecule has 1 aromatic rings. The fourth-order valence-electron chi connectivity index (χ4n) is 1.40. The Morgan fingerprint density at radius 2 is 2.00 bits per heavy atom. The minimum Gasteiger partial charge on any atom is -0.486 e. The standard InChI is InChI=1S/C10H6BrFO5/c11-6-7(12)4(8(13)10(14)15)3-5-9(6)17-2-1-16-5/h3H,1-2H2,(H,14,15). The van der Waals surface area contributed by atoms with E-state index in [9.17, 15) is 14.0 Å². The molecule has 0 unspecified atom stereocenters. The van der Waals surface area contributed by atoms with Gasteiger partial charge in [0.2, 0.25) is 0 Å². The summed E-state index contributed by atoms with van der Waals surface area (Å²) in [5, 5.41) is 8.55. The first-order chi connectivity index (χ1) is 8.02. The van der Waals surface area contributed by atoms with E-state index < -0.39 is 23.1 Å². The Morgan fingerprint density at radius 3 is 2.65 bits per heavy atom. The van der Waals surface area contributed by atoms with E-state index in [-0.39, 0.29) is 29.2 Å². The van der Waals surface area contributed by atoms with Crippen LogP contribution in [0.3, 0.4) is 0 Å². The van der Waals surface area contributed by atoms with Crippen LogP contribution in [0.1, 0.15) is 10.4 Å². The number of hydrogen-bond donors (Lipinski definition) is 1. The van der Waals surface area contributed by atoms with Crippen LogP contribution in [-0.4, -0.2) is 30.1 Å². The van der Waals surface area contributed by atoms with E-state index in [4.69, 9.17) is 14.6 Å². The first-order valence-corrected chi connectivity index (χ1v) is 5.37. The summed E-state index contributed by atoms with van der Waals surface area (Å²) in [6, 6.07) is 1.03. The number of carboxylic acids is 1. The number of halogens is 2. The third kappa shape index (κ3) is 1.97. The lowest BCUT2D eigenvalue weighted by atomic mass is 10.1. The van der Waals surface area contributed by atoms with Crippen LogP contribution in [0.15, 0.2) is 10.5 Å². The second-order valence-corrected chi connectivity index (χ2v) is 4.00. The van der Waals surface area contributed by atoms with Crippen LogP contribution in [0, 0.1) is 5.82 Å². The minimum absolute atomic E-state index is 0.112. The number of ketones is 1. The van der Waals surface area contributed by atoms with Crippen molar-refractivity contribution in [2.75, 3.05) is 13.2 Å². The summed E-state index contributed by atoms with van der Waals surface area (Å²) in [6.45, 7) is 0.517. The SMILES string of the molecule is O=C(O)C(=O)c1cc2c(c(Br)c1F)OCCO2. The zero-order valence-corrected chi connectivity index (χ0v) is 9.91. The summed E-state index contributed by atoms with van der Waals surface area (Å²) < 4.78 is 23.9. The normalized spacial score (nSPS) is 13.3. The zero-order chi connectivity index (χ0) is 12.6. The molecule has 0 aliphatic carbocycles. The Kier molecular flexibility index (Phi) is 3.01. The van der Waals surface area contributed by atoms with Gasteiger partial charge in [0.05, 0.1) is 10.0 Å². The number of carbonyl (C=O) groups is 2. The summed E-state index contributed by atoms with van der Waals surface area (Å²) >= 11 is 2.91. The lowest BCUT2D eigenvalue weighted by Gasteiger charge is -2.20. The average Bonchev–Trinajstić information content (AvgIpc) is 2.33. The Morgan fingerprint density at radius 1 is 1.35 bits per heavy atom. The monoisotopic (exact) mass is 304 g/mol. The summed E-state index contributed by atoms with van der Waals surface area (Å²) in [5.74, 6) is -3.75. The maximum atomic E-state index is 13.7. The molecule has 7 heteroatoms. The number of aliphatic carboxylic acids is 1. The molecule has 0 amide bonds. The van der Waals surface area contributed by atoms with Gasteiger partial charge >= 0.3 is 5.97 Å². The maximum absolute atomic E-state index is 13.7. The number of rotatable bonds is 2. The van der Waals surface area contributed by atoms with Crippen LogP contribution in [0.25, 0.3) is 0 Å². The van der Waals surface area contributed by atoms with E-state index in [1.807, 2.05) is 0 Å². The van der Waals surface area contributed by atoms with Gasteiger partial charge in [-0.05, 0) is 22.0 Å². The molecule has 5 nitrogen and oxygen atoms in total. The average molecular weight is 305 g/mol. The Bertz CT molecular complexity index is 514. The number of ether oxygens (including phenoxy) is 2. The largest absolute Gasteiger partial charge is 0.486 e. The number of carboxylic acid groups (broad SMARTS) is 1. The molecular formula is C10H6BrFO5. The highest BCUT2D eigenvalue weighted by Crippen LogP contribution is 2.40. The number of Topliss-reactive ketones (excluding diaryl/α,β-unsaturated/α-hetero) is 1. The number of carbonyl (C=O) groups excluding carboxylic acids is 1. The predicted molar refractivity (Wildman–Crippen MR) is 57.1 cm³/mol. The van der Waals surface area contributed by atoms with Gasteiger partial charge in [-0.3, -0.25) is 4.79 Å². The number of hydrogen-bond acceptors (Lipinski definition) is 4. The van der Waals surface area contributed by atoms with Crippen molar-refractivity contribution < 1.29 is 28.6 Å². The van der Waals surface area contributed by atoms with Gasteiger partial charge < -0.3 is 14.6 Å².